The van der Waals surface area contributed by atoms with Crippen molar-refractivity contribution >= 4 is 17.8 Å². The monoisotopic (exact) mass is 231 g/mol. The lowest BCUT2D eigenvalue weighted by atomic mass is 10.2. The molecule has 0 unspecified atom stereocenters. The number of hydrogen-bond donors (Lipinski definition) is 0. The van der Waals surface area contributed by atoms with Crippen LogP contribution in [-0.2, 0) is 14.3 Å². The van der Waals surface area contributed by atoms with Crippen LogP contribution in [-0.4, -0.2) is 29.4 Å². The average Bonchev–Trinajstić information content (AvgIpc) is 2.67. The average molecular weight is 231 g/mol. The van der Waals surface area contributed by atoms with Crippen LogP contribution in [0.25, 0.3) is 0 Å². The molecule has 0 N–H and O–H groups in total. The molecule has 2 amide bonds. The molecule has 1 aliphatic rings. The predicted octanol–water partition coefficient (Wildman–Crippen LogP) is 0.726. The molecule has 0 saturated heterocycles. The van der Waals surface area contributed by atoms with E-state index in [1.54, 1.807) is 30.3 Å². The highest BCUT2D eigenvalue weighted by atomic mass is 16.5. The molecule has 2 rings (SSSR count). The number of carbonyl (C=O) groups excluding carboxylic acids is 3. The van der Waals surface area contributed by atoms with Crippen LogP contribution in [0.15, 0.2) is 42.5 Å². The molecular formula is C12H9NO4. The molecule has 0 saturated carbocycles. The summed E-state index contributed by atoms with van der Waals surface area (Å²) in [4.78, 5) is 34.7. The Bertz CT molecular complexity index is 474. The van der Waals surface area contributed by atoms with E-state index in [-0.39, 0.29) is 6.73 Å². The number of imide groups is 1. The molecule has 0 bridgehead atoms. The van der Waals surface area contributed by atoms with Crippen LogP contribution in [0.1, 0.15) is 10.4 Å². The summed E-state index contributed by atoms with van der Waals surface area (Å²) in [7, 11) is 0. The quantitative estimate of drug-likeness (QED) is 0.568. The summed E-state index contributed by atoms with van der Waals surface area (Å²) in [6.07, 6.45) is 2.28. The molecule has 5 nitrogen and oxygen atoms in total. The third kappa shape index (κ3) is 2.39. The van der Waals surface area contributed by atoms with Gasteiger partial charge >= 0.3 is 5.97 Å². The summed E-state index contributed by atoms with van der Waals surface area (Å²) < 4.78 is 4.86. The van der Waals surface area contributed by atoms with Gasteiger partial charge in [-0.1, -0.05) is 18.2 Å². The first-order valence-electron chi connectivity index (χ1n) is 4.94. The lowest BCUT2D eigenvalue weighted by Crippen LogP contribution is -2.33. The molecule has 1 aromatic rings. The van der Waals surface area contributed by atoms with Crippen molar-refractivity contribution in [3.63, 3.8) is 0 Å². The fourth-order valence-electron chi connectivity index (χ4n) is 1.34. The highest BCUT2D eigenvalue weighted by molar-refractivity contribution is 6.12. The van der Waals surface area contributed by atoms with Gasteiger partial charge in [-0.3, -0.25) is 9.59 Å². The molecule has 0 radical (unpaired) electrons. The molecule has 86 valence electrons. The van der Waals surface area contributed by atoms with E-state index in [0.717, 1.165) is 17.1 Å². The van der Waals surface area contributed by atoms with Crippen LogP contribution in [0.2, 0.25) is 0 Å². The molecule has 0 spiro atoms. The minimum atomic E-state index is -0.571. The summed E-state index contributed by atoms with van der Waals surface area (Å²) in [5.74, 6) is -1.52. The standard InChI is InChI=1S/C12H9NO4/c14-10-6-7-11(15)13(10)8-17-12(16)9-4-2-1-3-5-9/h1-7H,8H2. The first-order chi connectivity index (χ1) is 8.18. The molecule has 17 heavy (non-hydrogen) atoms. The molecule has 1 aliphatic heterocycles. The van der Waals surface area contributed by atoms with Gasteiger partial charge < -0.3 is 4.74 Å². The van der Waals surface area contributed by atoms with Crippen molar-refractivity contribution in [2.75, 3.05) is 6.73 Å². The van der Waals surface area contributed by atoms with Crippen molar-refractivity contribution in [3.8, 4) is 0 Å². The van der Waals surface area contributed by atoms with E-state index in [1.807, 2.05) is 0 Å². The summed E-state index contributed by atoms with van der Waals surface area (Å²) in [6, 6.07) is 8.35. The summed E-state index contributed by atoms with van der Waals surface area (Å²) in [5, 5.41) is 0. The van der Waals surface area contributed by atoms with Gasteiger partial charge in [-0.15, -0.1) is 0 Å². The maximum Gasteiger partial charge on any atom is 0.339 e. The fourth-order valence-corrected chi connectivity index (χ4v) is 1.34. The summed E-state index contributed by atoms with van der Waals surface area (Å²) in [5.41, 5.74) is 0.375. The Morgan fingerprint density at radius 1 is 1.06 bits per heavy atom. The Balaban J connectivity index is 1.93. The van der Waals surface area contributed by atoms with E-state index >= 15 is 0 Å². The first kappa shape index (κ1) is 11.1. The van der Waals surface area contributed by atoms with Gasteiger partial charge in [0, 0.05) is 12.2 Å². The number of nitrogens with zero attached hydrogens (tertiary/aromatic N) is 1. The second kappa shape index (κ2) is 4.61. The third-order valence-electron chi connectivity index (χ3n) is 2.23. The number of carbonyl (C=O) groups is 3. The number of benzene rings is 1. The Hall–Kier alpha value is -2.43. The summed E-state index contributed by atoms with van der Waals surface area (Å²) >= 11 is 0. The first-order valence-corrected chi connectivity index (χ1v) is 4.94. The Labute approximate surface area is 97.3 Å². The maximum atomic E-state index is 11.5. The van der Waals surface area contributed by atoms with Crippen LogP contribution < -0.4 is 0 Å². The Morgan fingerprint density at radius 2 is 1.65 bits per heavy atom. The molecule has 5 heteroatoms. The van der Waals surface area contributed by atoms with Crippen molar-refractivity contribution in [2.45, 2.75) is 0 Å². The normalized spacial score (nSPS) is 14.2. The molecule has 0 aromatic heterocycles. The minimum absolute atomic E-state index is 0.363. The third-order valence-corrected chi connectivity index (χ3v) is 2.23. The van der Waals surface area contributed by atoms with E-state index < -0.39 is 17.8 Å². The lowest BCUT2D eigenvalue weighted by Gasteiger charge is -2.13. The van der Waals surface area contributed by atoms with Gasteiger partial charge in [-0.25, -0.2) is 9.69 Å². The van der Waals surface area contributed by atoms with Gasteiger partial charge in [0.25, 0.3) is 11.8 Å². The zero-order chi connectivity index (χ0) is 12.3. The largest absolute Gasteiger partial charge is 0.440 e. The Morgan fingerprint density at radius 3 is 2.24 bits per heavy atom. The number of hydrogen-bond acceptors (Lipinski definition) is 4. The zero-order valence-corrected chi connectivity index (χ0v) is 8.83. The van der Waals surface area contributed by atoms with E-state index in [2.05, 4.69) is 0 Å². The Kier molecular flexibility index (Phi) is 3.00. The van der Waals surface area contributed by atoms with Gasteiger partial charge in [0.15, 0.2) is 6.73 Å². The lowest BCUT2D eigenvalue weighted by molar-refractivity contribution is -0.140. The molecule has 0 fully saturated rings. The van der Waals surface area contributed by atoms with Gasteiger partial charge in [-0.2, -0.15) is 0 Å². The van der Waals surface area contributed by atoms with Crippen molar-refractivity contribution < 1.29 is 19.1 Å². The van der Waals surface area contributed by atoms with E-state index in [0.29, 0.717) is 5.56 Å². The van der Waals surface area contributed by atoms with Gasteiger partial charge in [-0.05, 0) is 12.1 Å². The highest BCUT2D eigenvalue weighted by Gasteiger charge is 2.24. The van der Waals surface area contributed by atoms with Crippen molar-refractivity contribution in [1.29, 1.82) is 0 Å². The zero-order valence-electron chi connectivity index (χ0n) is 8.83. The smallest absolute Gasteiger partial charge is 0.339 e. The van der Waals surface area contributed by atoms with E-state index in [9.17, 15) is 14.4 Å². The van der Waals surface area contributed by atoms with Gasteiger partial charge in [0.1, 0.15) is 0 Å². The number of ether oxygens (including phenoxy) is 1. The van der Waals surface area contributed by atoms with Crippen LogP contribution in [0.5, 0.6) is 0 Å². The molecule has 1 aromatic carbocycles. The summed E-state index contributed by atoms with van der Waals surface area (Å²) in [6.45, 7) is -0.363. The van der Waals surface area contributed by atoms with Crippen LogP contribution in [0.4, 0.5) is 0 Å². The van der Waals surface area contributed by atoms with Crippen molar-refractivity contribution in [3.05, 3.63) is 48.0 Å². The van der Waals surface area contributed by atoms with Crippen LogP contribution in [0.3, 0.4) is 0 Å². The van der Waals surface area contributed by atoms with Gasteiger partial charge in [0.2, 0.25) is 0 Å². The minimum Gasteiger partial charge on any atom is -0.440 e. The van der Waals surface area contributed by atoms with Crippen LogP contribution in [0, 0.1) is 0 Å². The maximum absolute atomic E-state index is 11.5. The van der Waals surface area contributed by atoms with Crippen LogP contribution >= 0.6 is 0 Å². The van der Waals surface area contributed by atoms with Gasteiger partial charge in [0.05, 0.1) is 5.56 Å². The second-order valence-electron chi connectivity index (χ2n) is 3.36. The fraction of sp³-hybridized carbons (Fsp3) is 0.0833. The second-order valence-corrected chi connectivity index (χ2v) is 3.36. The SMILES string of the molecule is O=C(OCN1C(=O)C=CC1=O)c1ccccc1. The predicted molar refractivity (Wildman–Crippen MR) is 57.7 cm³/mol. The molecule has 0 aliphatic carbocycles. The molecule has 1 heterocycles. The van der Waals surface area contributed by atoms with E-state index in [4.69, 9.17) is 4.74 Å². The molecular weight excluding hydrogens is 222 g/mol. The van der Waals surface area contributed by atoms with Crippen molar-refractivity contribution in [2.24, 2.45) is 0 Å². The highest BCUT2D eigenvalue weighted by Crippen LogP contribution is 2.06. The van der Waals surface area contributed by atoms with Crippen molar-refractivity contribution in [1.82, 2.24) is 4.90 Å². The number of rotatable bonds is 3. The van der Waals surface area contributed by atoms with E-state index in [1.165, 1.54) is 0 Å². The molecule has 0 atom stereocenters. The number of amides is 2. The number of esters is 1. The topological polar surface area (TPSA) is 63.7 Å².